The summed E-state index contributed by atoms with van der Waals surface area (Å²) in [6.07, 6.45) is 7.19. The first-order valence-corrected chi connectivity index (χ1v) is 9.32. The summed E-state index contributed by atoms with van der Waals surface area (Å²) in [7, 11) is 1.98. The monoisotopic (exact) mass is 330 g/mol. The number of carbonyl (C=O) groups is 1. The molecule has 4 rings (SSSR count). The van der Waals surface area contributed by atoms with Gasteiger partial charge in [0.15, 0.2) is 0 Å². The maximum absolute atomic E-state index is 12.5. The third-order valence-electron chi connectivity index (χ3n) is 5.27. The lowest BCUT2D eigenvalue weighted by Crippen LogP contribution is -2.51. The molecule has 3 heterocycles. The number of anilines is 1. The highest BCUT2D eigenvalue weighted by Crippen LogP contribution is 2.32. The lowest BCUT2D eigenvalue weighted by Gasteiger charge is -2.40. The number of likely N-dealkylation sites (N-methyl/N-ethyl adjacent to an activating group) is 1. The van der Waals surface area contributed by atoms with Crippen molar-refractivity contribution >= 4 is 33.3 Å². The quantitative estimate of drug-likeness (QED) is 0.868. The number of nitrogens with zero attached hydrogens (tertiary/aromatic N) is 4. The van der Waals surface area contributed by atoms with Gasteiger partial charge in [0.2, 0.25) is 5.91 Å². The Morgan fingerprint density at radius 1 is 1.30 bits per heavy atom. The summed E-state index contributed by atoms with van der Waals surface area (Å²) in [6.45, 7) is 1.88. The molecule has 122 valence electrons. The van der Waals surface area contributed by atoms with Crippen molar-refractivity contribution in [2.24, 2.45) is 5.92 Å². The number of piperidine rings is 1. The molecule has 1 saturated carbocycles. The van der Waals surface area contributed by atoms with E-state index in [9.17, 15) is 4.79 Å². The normalized spacial score (nSPS) is 22.1. The fourth-order valence-electron chi connectivity index (χ4n) is 3.59. The highest BCUT2D eigenvalue weighted by atomic mass is 32.1. The number of amides is 1. The van der Waals surface area contributed by atoms with Gasteiger partial charge in [-0.3, -0.25) is 4.79 Å². The number of carbonyl (C=O) groups excluding carboxylic acids is 1. The molecule has 2 fully saturated rings. The minimum Gasteiger partial charge on any atom is -0.353 e. The average Bonchev–Trinajstić information content (AvgIpc) is 3.01. The predicted molar refractivity (Wildman–Crippen MR) is 92.8 cm³/mol. The molecule has 23 heavy (non-hydrogen) atoms. The first-order chi connectivity index (χ1) is 11.2. The molecule has 2 aromatic heterocycles. The fraction of sp³-hybridized carbons (Fsp3) is 0.588. The maximum Gasteiger partial charge on any atom is 0.225 e. The van der Waals surface area contributed by atoms with Gasteiger partial charge in [-0.05, 0) is 37.1 Å². The number of thiophene rings is 1. The molecule has 5 nitrogen and oxygen atoms in total. The van der Waals surface area contributed by atoms with Crippen LogP contribution in [0.2, 0.25) is 0 Å². The number of hydrogen-bond acceptors (Lipinski definition) is 5. The molecule has 1 unspecified atom stereocenters. The molecule has 6 heteroatoms. The van der Waals surface area contributed by atoms with Crippen LogP contribution in [0, 0.1) is 5.92 Å². The van der Waals surface area contributed by atoms with Crippen LogP contribution in [-0.2, 0) is 4.79 Å². The maximum atomic E-state index is 12.5. The number of rotatable bonds is 3. The summed E-state index contributed by atoms with van der Waals surface area (Å²) in [4.78, 5) is 25.7. The minimum atomic E-state index is 0.276. The van der Waals surface area contributed by atoms with E-state index in [0.717, 1.165) is 54.8 Å². The van der Waals surface area contributed by atoms with E-state index < -0.39 is 0 Å². The second-order valence-electron chi connectivity index (χ2n) is 6.65. The lowest BCUT2D eigenvalue weighted by molar-refractivity contribution is -0.139. The lowest BCUT2D eigenvalue weighted by atomic mass is 9.84. The van der Waals surface area contributed by atoms with Crippen LogP contribution in [0.4, 0.5) is 5.82 Å². The van der Waals surface area contributed by atoms with Crippen LogP contribution in [-0.4, -0.2) is 47.0 Å². The Kier molecular flexibility index (Phi) is 3.93. The van der Waals surface area contributed by atoms with E-state index in [0.29, 0.717) is 11.9 Å². The van der Waals surface area contributed by atoms with Gasteiger partial charge in [0.1, 0.15) is 12.1 Å². The van der Waals surface area contributed by atoms with Crippen molar-refractivity contribution in [2.45, 2.75) is 38.1 Å². The first-order valence-electron chi connectivity index (χ1n) is 8.44. The summed E-state index contributed by atoms with van der Waals surface area (Å²) in [5.74, 6) is 1.64. The van der Waals surface area contributed by atoms with Crippen molar-refractivity contribution in [1.29, 1.82) is 0 Å². The molecule has 1 saturated heterocycles. The smallest absolute Gasteiger partial charge is 0.225 e. The van der Waals surface area contributed by atoms with Crippen molar-refractivity contribution in [3.05, 3.63) is 17.8 Å². The number of aromatic nitrogens is 2. The molecule has 2 aromatic rings. The zero-order valence-electron chi connectivity index (χ0n) is 13.4. The van der Waals surface area contributed by atoms with Gasteiger partial charge in [0.05, 0.1) is 10.2 Å². The third kappa shape index (κ3) is 2.69. The van der Waals surface area contributed by atoms with Gasteiger partial charge in [0, 0.05) is 32.1 Å². The van der Waals surface area contributed by atoms with E-state index in [1.165, 1.54) is 6.42 Å². The van der Waals surface area contributed by atoms with Gasteiger partial charge in [-0.1, -0.05) is 6.42 Å². The van der Waals surface area contributed by atoms with Gasteiger partial charge in [-0.25, -0.2) is 9.97 Å². The van der Waals surface area contributed by atoms with Gasteiger partial charge in [-0.15, -0.1) is 11.3 Å². The second-order valence-corrected chi connectivity index (χ2v) is 7.57. The summed E-state index contributed by atoms with van der Waals surface area (Å²) in [5.41, 5.74) is 1.01. The second kappa shape index (κ2) is 6.07. The van der Waals surface area contributed by atoms with Crippen molar-refractivity contribution in [1.82, 2.24) is 14.9 Å². The molecule has 1 aliphatic carbocycles. The van der Waals surface area contributed by atoms with Crippen LogP contribution < -0.4 is 4.90 Å². The van der Waals surface area contributed by atoms with Gasteiger partial charge >= 0.3 is 0 Å². The molecular formula is C17H22N4OS. The van der Waals surface area contributed by atoms with Gasteiger partial charge < -0.3 is 9.80 Å². The molecule has 0 bridgehead atoms. The Morgan fingerprint density at radius 2 is 2.17 bits per heavy atom. The topological polar surface area (TPSA) is 49.3 Å². The van der Waals surface area contributed by atoms with Crippen LogP contribution in [0.1, 0.15) is 32.1 Å². The van der Waals surface area contributed by atoms with Gasteiger partial charge in [0.25, 0.3) is 0 Å². The van der Waals surface area contributed by atoms with Crippen molar-refractivity contribution in [2.75, 3.05) is 25.0 Å². The van der Waals surface area contributed by atoms with Crippen LogP contribution in [0.15, 0.2) is 17.8 Å². The summed E-state index contributed by atoms with van der Waals surface area (Å²) in [6, 6.07) is 2.33. The Bertz CT molecular complexity index is 711. The Labute approximate surface area is 140 Å². The van der Waals surface area contributed by atoms with E-state index in [1.54, 1.807) is 17.7 Å². The third-order valence-corrected chi connectivity index (χ3v) is 6.17. The predicted octanol–water partition coefficient (Wildman–Crippen LogP) is 2.92. The first kappa shape index (κ1) is 14.9. The molecule has 2 aliphatic rings. The van der Waals surface area contributed by atoms with Crippen molar-refractivity contribution in [3.63, 3.8) is 0 Å². The van der Waals surface area contributed by atoms with E-state index in [4.69, 9.17) is 0 Å². The van der Waals surface area contributed by atoms with Crippen LogP contribution in [0.3, 0.4) is 0 Å². The molecule has 1 aliphatic heterocycles. The average molecular weight is 330 g/mol. The molecule has 1 amide bonds. The largest absolute Gasteiger partial charge is 0.353 e. The fourth-order valence-corrected chi connectivity index (χ4v) is 4.45. The van der Waals surface area contributed by atoms with Crippen LogP contribution in [0.25, 0.3) is 10.2 Å². The highest BCUT2D eigenvalue weighted by Gasteiger charge is 2.33. The highest BCUT2D eigenvalue weighted by molar-refractivity contribution is 7.17. The molecular weight excluding hydrogens is 308 g/mol. The SMILES string of the molecule is CN(C(=O)C1CCC1)C1CCCN(c2ncnc3ccsc23)C1. The van der Waals surface area contributed by atoms with Crippen LogP contribution in [0.5, 0.6) is 0 Å². The summed E-state index contributed by atoms with van der Waals surface area (Å²) < 4.78 is 1.15. The van der Waals surface area contributed by atoms with Crippen molar-refractivity contribution in [3.8, 4) is 0 Å². The molecule has 0 radical (unpaired) electrons. The summed E-state index contributed by atoms with van der Waals surface area (Å²) >= 11 is 1.69. The molecule has 0 spiro atoms. The zero-order valence-corrected chi connectivity index (χ0v) is 14.3. The zero-order chi connectivity index (χ0) is 15.8. The summed E-state index contributed by atoms with van der Waals surface area (Å²) in [5, 5.41) is 2.07. The Balaban J connectivity index is 1.52. The van der Waals surface area contributed by atoms with Crippen LogP contribution >= 0.6 is 11.3 Å². The van der Waals surface area contributed by atoms with E-state index in [2.05, 4.69) is 20.2 Å². The van der Waals surface area contributed by atoms with Crippen molar-refractivity contribution < 1.29 is 4.79 Å². The molecule has 0 N–H and O–H groups in total. The van der Waals surface area contributed by atoms with E-state index in [-0.39, 0.29) is 5.92 Å². The minimum absolute atomic E-state index is 0.276. The Hall–Kier alpha value is -1.69. The van der Waals surface area contributed by atoms with E-state index in [1.807, 2.05) is 18.0 Å². The number of hydrogen-bond donors (Lipinski definition) is 0. The van der Waals surface area contributed by atoms with Gasteiger partial charge in [-0.2, -0.15) is 0 Å². The standard InChI is InChI=1S/C17H22N4OS/c1-20(17(22)12-4-2-5-12)13-6-3-8-21(10-13)16-15-14(7-9-23-15)18-11-19-16/h7,9,11-13H,2-6,8,10H2,1H3. The molecule has 0 aromatic carbocycles. The van der Waals surface area contributed by atoms with E-state index >= 15 is 0 Å². The number of fused-ring (bicyclic) bond motifs is 1. The Morgan fingerprint density at radius 3 is 2.96 bits per heavy atom. The molecule has 1 atom stereocenters.